The molecule has 1 saturated heterocycles. The number of carboxylic acid groups (broad SMARTS) is 1. The number of amides is 1. The Hall–Kier alpha value is -2.66. The van der Waals surface area contributed by atoms with Crippen LogP contribution in [0.5, 0.6) is 5.88 Å². The molecule has 0 aromatic carbocycles. The van der Waals surface area contributed by atoms with Gasteiger partial charge in [0.15, 0.2) is 6.23 Å². The smallest absolute Gasteiger partial charge is 0.407 e. The van der Waals surface area contributed by atoms with Gasteiger partial charge in [0.1, 0.15) is 5.60 Å². The van der Waals surface area contributed by atoms with Gasteiger partial charge < -0.3 is 25.0 Å². The minimum atomic E-state index is -1.03. The first kappa shape index (κ1) is 20.6. The molecule has 0 spiro atoms. The van der Waals surface area contributed by atoms with Gasteiger partial charge >= 0.3 is 17.8 Å². The van der Waals surface area contributed by atoms with Crippen molar-refractivity contribution in [1.82, 2.24) is 19.8 Å². The summed E-state index contributed by atoms with van der Waals surface area (Å²) in [6.45, 7) is 5.34. The van der Waals surface area contributed by atoms with E-state index in [4.69, 9.17) is 14.6 Å². The zero-order chi connectivity index (χ0) is 20.2. The van der Waals surface area contributed by atoms with Gasteiger partial charge in [-0.1, -0.05) is 0 Å². The van der Waals surface area contributed by atoms with Gasteiger partial charge in [0.05, 0.1) is 12.6 Å². The summed E-state index contributed by atoms with van der Waals surface area (Å²) in [7, 11) is 0. The Morgan fingerprint density at radius 2 is 2.15 bits per heavy atom. The Balaban J connectivity index is 2.09. The summed E-state index contributed by atoms with van der Waals surface area (Å²) in [5.41, 5.74) is -1.45. The molecule has 1 aliphatic heterocycles. The van der Waals surface area contributed by atoms with Crippen LogP contribution >= 0.6 is 0 Å². The average molecular weight is 383 g/mol. The zero-order valence-electron chi connectivity index (χ0n) is 15.4. The number of ether oxygens (including phenoxy) is 2. The molecule has 11 heteroatoms. The van der Waals surface area contributed by atoms with Crippen LogP contribution in [0.15, 0.2) is 17.1 Å². The molecule has 0 aliphatic carbocycles. The number of rotatable bonds is 5. The fraction of sp³-hybridized carbons (Fsp3) is 0.625. The number of aliphatic carboxylic acids is 1. The van der Waals surface area contributed by atoms with E-state index in [1.54, 1.807) is 25.7 Å². The highest BCUT2D eigenvalue weighted by molar-refractivity contribution is 5.69. The maximum Gasteiger partial charge on any atom is 0.407 e. The lowest BCUT2D eigenvalue weighted by Crippen LogP contribution is -2.52. The summed E-state index contributed by atoms with van der Waals surface area (Å²) in [5.74, 6) is -1.70. The van der Waals surface area contributed by atoms with Crippen molar-refractivity contribution in [2.24, 2.45) is 0 Å². The molecule has 1 aliphatic rings. The van der Waals surface area contributed by atoms with E-state index in [1.807, 2.05) is 0 Å². The third kappa shape index (κ3) is 6.53. The third-order valence-electron chi connectivity index (χ3n) is 3.57. The van der Waals surface area contributed by atoms with Crippen molar-refractivity contribution in [3.05, 3.63) is 22.7 Å². The Bertz CT molecular complexity index is 743. The molecule has 11 nitrogen and oxygen atoms in total. The van der Waals surface area contributed by atoms with Crippen molar-refractivity contribution in [2.45, 2.75) is 38.7 Å². The molecule has 0 radical (unpaired) electrons. The number of hydrogen-bond acceptors (Lipinski definition) is 8. The molecule has 0 bridgehead atoms. The van der Waals surface area contributed by atoms with Gasteiger partial charge in [0, 0.05) is 25.8 Å². The molecule has 0 unspecified atom stereocenters. The van der Waals surface area contributed by atoms with Gasteiger partial charge in [-0.3, -0.25) is 14.3 Å². The second kappa shape index (κ2) is 8.35. The molecule has 2 heterocycles. The number of morpholine rings is 1. The Morgan fingerprint density at radius 3 is 2.74 bits per heavy atom. The first-order valence-electron chi connectivity index (χ1n) is 8.36. The molecule has 2 N–H and O–H groups in total. The second-order valence-electron chi connectivity index (χ2n) is 7.14. The van der Waals surface area contributed by atoms with Crippen LogP contribution in [0.4, 0.5) is 4.79 Å². The summed E-state index contributed by atoms with van der Waals surface area (Å²) < 4.78 is 12.1. The maximum absolute atomic E-state index is 11.9. The SMILES string of the molecule is CC(C)(C)OC(=O)NC[C@@H]1CN(CC(=O)O)C[C@H](n2ccc([O-])nc2=O)O1. The van der Waals surface area contributed by atoms with Crippen molar-refractivity contribution in [3.8, 4) is 5.88 Å². The van der Waals surface area contributed by atoms with Crippen molar-refractivity contribution in [1.29, 1.82) is 0 Å². The molecular formula is C16H23N4O7-. The van der Waals surface area contributed by atoms with Crippen LogP contribution in [0, 0.1) is 0 Å². The normalized spacial score (nSPS) is 20.9. The molecule has 1 aromatic rings. The minimum absolute atomic E-state index is 0.0589. The predicted octanol–water partition coefficient (Wildman–Crippen LogP) is -0.874. The fourth-order valence-corrected chi connectivity index (χ4v) is 2.61. The lowest BCUT2D eigenvalue weighted by Gasteiger charge is -2.38. The van der Waals surface area contributed by atoms with Crippen molar-refractivity contribution in [3.63, 3.8) is 0 Å². The van der Waals surface area contributed by atoms with Crippen LogP contribution < -0.4 is 16.1 Å². The van der Waals surface area contributed by atoms with Crippen LogP contribution in [0.1, 0.15) is 27.0 Å². The van der Waals surface area contributed by atoms with Gasteiger partial charge in [-0.2, -0.15) is 0 Å². The number of alkyl carbamates (subject to hydrolysis) is 1. The van der Waals surface area contributed by atoms with Crippen LogP contribution in [0.3, 0.4) is 0 Å². The van der Waals surface area contributed by atoms with E-state index in [9.17, 15) is 19.5 Å². The summed E-state index contributed by atoms with van der Waals surface area (Å²) >= 11 is 0. The largest absolute Gasteiger partial charge is 0.858 e. The van der Waals surface area contributed by atoms with Crippen molar-refractivity contribution in [2.75, 3.05) is 26.2 Å². The topological polar surface area (TPSA) is 146 Å². The van der Waals surface area contributed by atoms with Gasteiger partial charge in [0.25, 0.3) is 0 Å². The maximum atomic E-state index is 11.9. The van der Waals surface area contributed by atoms with Gasteiger partial charge in [-0.05, 0) is 32.7 Å². The number of aromatic nitrogens is 2. The highest BCUT2D eigenvalue weighted by Crippen LogP contribution is 2.18. The lowest BCUT2D eigenvalue weighted by molar-refractivity contribution is -0.275. The molecule has 2 rings (SSSR count). The average Bonchev–Trinajstić information content (AvgIpc) is 2.50. The summed E-state index contributed by atoms with van der Waals surface area (Å²) in [4.78, 5) is 39.7. The number of hydrogen-bond donors (Lipinski definition) is 2. The van der Waals surface area contributed by atoms with Gasteiger partial charge in [-0.25, -0.2) is 14.6 Å². The zero-order valence-corrected chi connectivity index (χ0v) is 15.4. The van der Waals surface area contributed by atoms with Crippen molar-refractivity contribution >= 4 is 12.1 Å². The lowest BCUT2D eigenvalue weighted by atomic mass is 10.2. The van der Waals surface area contributed by atoms with E-state index in [0.29, 0.717) is 0 Å². The molecule has 2 atom stereocenters. The number of nitrogens with zero attached hydrogens (tertiary/aromatic N) is 3. The Labute approximate surface area is 155 Å². The fourth-order valence-electron chi connectivity index (χ4n) is 2.61. The molecule has 1 aromatic heterocycles. The first-order chi connectivity index (χ1) is 12.5. The molecule has 1 amide bonds. The minimum Gasteiger partial charge on any atom is -0.858 e. The molecule has 150 valence electrons. The standard InChI is InChI=1S/C16H24N4O7/c1-16(2,3)27-15(25)17-6-10-7-19(9-13(22)23)8-12(26-10)20-5-4-11(21)18-14(20)24/h4-5,10,12H,6-9H2,1-3H3,(H,17,25)(H,22,23)(H,18,21,24)/p-1/t10-,12-/m1/s1. The number of carboxylic acids is 1. The van der Waals surface area contributed by atoms with E-state index in [0.717, 1.165) is 10.6 Å². The van der Waals surface area contributed by atoms with Gasteiger partial charge in [0.2, 0.25) is 0 Å². The predicted molar refractivity (Wildman–Crippen MR) is 90.2 cm³/mol. The first-order valence-corrected chi connectivity index (χ1v) is 8.36. The highest BCUT2D eigenvalue weighted by atomic mass is 16.6. The van der Waals surface area contributed by atoms with Crippen molar-refractivity contribution < 1.29 is 29.3 Å². The quantitative estimate of drug-likeness (QED) is 0.662. The van der Waals surface area contributed by atoms with Crippen LogP contribution in [0.25, 0.3) is 0 Å². The van der Waals surface area contributed by atoms with E-state index >= 15 is 0 Å². The van der Waals surface area contributed by atoms with Crippen LogP contribution in [-0.2, 0) is 14.3 Å². The number of nitrogens with one attached hydrogen (secondary N) is 1. The molecule has 1 fully saturated rings. The third-order valence-corrected chi connectivity index (χ3v) is 3.57. The Kier molecular flexibility index (Phi) is 6.39. The Morgan fingerprint density at radius 1 is 1.44 bits per heavy atom. The summed E-state index contributed by atoms with van der Waals surface area (Å²) in [5, 5.41) is 22.8. The van der Waals surface area contributed by atoms with E-state index in [1.165, 1.54) is 6.20 Å². The van der Waals surface area contributed by atoms with E-state index in [2.05, 4.69) is 10.3 Å². The molecular weight excluding hydrogens is 360 g/mol. The van der Waals surface area contributed by atoms with Gasteiger partial charge in [-0.15, -0.1) is 0 Å². The van der Waals surface area contributed by atoms with E-state index in [-0.39, 0.29) is 26.2 Å². The van der Waals surface area contributed by atoms with Crippen LogP contribution in [0.2, 0.25) is 0 Å². The summed E-state index contributed by atoms with van der Waals surface area (Å²) in [6.07, 6.45) is -0.809. The highest BCUT2D eigenvalue weighted by Gasteiger charge is 2.31. The molecule has 27 heavy (non-hydrogen) atoms. The monoisotopic (exact) mass is 383 g/mol. The number of carbonyl (C=O) groups is 2. The van der Waals surface area contributed by atoms with Crippen LogP contribution in [-0.4, -0.2) is 69.5 Å². The second-order valence-corrected chi connectivity index (χ2v) is 7.14. The van der Waals surface area contributed by atoms with E-state index < -0.39 is 41.6 Å². The molecule has 0 saturated carbocycles. The number of carbonyl (C=O) groups excluding carboxylic acids is 1. The summed E-state index contributed by atoms with van der Waals surface area (Å²) in [6, 6.07) is 1.12.